The smallest absolute Gasteiger partial charge is 0.326 e. The Morgan fingerprint density at radius 3 is 2.13 bits per heavy atom. The summed E-state index contributed by atoms with van der Waals surface area (Å²) in [4.78, 5) is 11.3. The van der Waals surface area contributed by atoms with Crippen LogP contribution < -0.4 is 4.72 Å². The molecule has 0 heterocycles. The molecule has 130 valence electrons. The van der Waals surface area contributed by atoms with Gasteiger partial charge in [0.05, 0.1) is 10.5 Å². The van der Waals surface area contributed by atoms with Gasteiger partial charge in [-0.15, -0.1) is 0 Å². The fourth-order valence-corrected chi connectivity index (χ4v) is 3.81. The molecule has 0 unspecified atom stereocenters. The van der Waals surface area contributed by atoms with Crippen molar-refractivity contribution >= 4 is 25.8 Å². The van der Waals surface area contributed by atoms with Crippen LogP contribution in [-0.4, -0.2) is 44.7 Å². The third kappa shape index (κ3) is 5.60. The zero-order chi connectivity index (χ0) is 17.9. The molecule has 1 aromatic carbocycles. The highest BCUT2D eigenvalue weighted by Crippen LogP contribution is 2.21. The molecule has 0 bridgehead atoms. The van der Waals surface area contributed by atoms with Crippen LogP contribution in [0.3, 0.4) is 0 Å². The number of benzene rings is 1. The molecule has 1 rings (SSSR count). The van der Waals surface area contributed by atoms with Crippen LogP contribution in [0.5, 0.6) is 0 Å². The summed E-state index contributed by atoms with van der Waals surface area (Å²) in [5, 5.41) is 9.22. The fourth-order valence-electron chi connectivity index (χ4n) is 1.71. The van der Waals surface area contributed by atoms with E-state index in [1.54, 1.807) is 18.2 Å². The molecule has 0 aromatic heterocycles. The van der Waals surface area contributed by atoms with Gasteiger partial charge in [0.1, 0.15) is 6.04 Å². The Bertz CT molecular complexity index is 754. The Morgan fingerprint density at radius 2 is 1.70 bits per heavy atom. The average molecular weight is 363 g/mol. The van der Waals surface area contributed by atoms with E-state index in [2.05, 4.69) is 4.72 Å². The Labute approximate surface area is 136 Å². The number of aliphatic carboxylic acids is 1. The number of carboxylic acids is 1. The lowest BCUT2D eigenvalue weighted by atomic mass is 10.1. The van der Waals surface area contributed by atoms with Gasteiger partial charge in [-0.05, 0) is 25.8 Å². The van der Waals surface area contributed by atoms with Crippen molar-refractivity contribution < 1.29 is 26.7 Å². The van der Waals surface area contributed by atoms with E-state index < -0.39 is 42.4 Å². The molecular weight excluding hydrogens is 342 g/mol. The second-order valence-electron chi connectivity index (χ2n) is 5.90. The first-order valence-electron chi connectivity index (χ1n) is 6.83. The van der Waals surface area contributed by atoms with Gasteiger partial charge in [-0.2, -0.15) is 4.72 Å². The molecule has 0 saturated heterocycles. The Balaban J connectivity index is 2.90. The van der Waals surface area contributed by atoms with Gasteiger partial charge in [0.15, 0.2) is 9.84 Å². The largest absolute Gasteiger partial charge is 0.480 e. The van der Waals surface area contributed by atoms with E-state index in [0.29, 0.717) is 5.56 Å². The predicted molar refractivity (Wildman–Crippen MR) is 87.3 cm³/mol. The van der Waals surface area contributed by atoms with E-state index in [0.717, 1.165) is 6.26 Å². The van der Waals surface area contributed by atoms with E-state index in [1.165, 1.54) is 26.0 Å². The lowest BCUT2D eigenvalue weighted by Crippen LogP contribution is -2.39. The second-order valence-corrected chi connectivity index (χ2v) is 10.4. The van der Waals surface area contributed by atoms with E-state index >= 15 is 0 Å². The van der Waals surface area contributed by atoms with Gasteiger partial charge in [-0.3, -0.25) is 4.79 Å². The minimum atomic E-state index is -3.96. The van der Waals surface area contributed by atoms with Crippen molar-refractivity contribution in [1.82, 2.24) is 4.72 Å². The van der Waals surface area contributed by atoms with Gasteiger partial charge >= 0.3 is 5.97 Å². The Hall–Kier alpha value is -1.45. The van der Waals surface area contributed by atoms with Crippen molar-refractivity contribution in [3.05, 3.63) is 35.9 Å². The highest BCUT2D eigenvalue weighted by molar-refractivity contribution is 7.92. The van der Waals surface area contributed by atoms with Crippen LogP contribution in [0.2, 0.25) is 0 Å². The normalized spacial score (nSPS) is 14.4. The number of sulfonamides is 1. The van der Waals surface area contributed by atoms with Crippen molar-refractivity contribution in [1.29, 1.82) is 0 Å². The summed E-state index contributed by atoms with van der Waals surface area (Å²) in [6.07, 6.45) is 0.902. The molecule has 2 N–H and O–H groups in total. The molecule has 0 fully saturated rings. The summed E-state index contributed by atoms with van der Waals surface area (Å²) in [6.45, 7) is 2.87. The van der Waals surface area contributed by atoms with Crippen LogP contribution in [0, 0.1) is 0 Å². The van der Waals surface area contributed by atoms with Gasteiger partial charge in [0, 0.05) is 6.26 Å². The standard InChI is InChI=1S/C14H21NO6S2/c1-14(2,22(3,18)19)9-10-23(20,21)15-12(13(16)17)11-7-5-4-6-8-11/h4-8,12,15H,9-10H2,1-3H3,(H,16,17)/t12-/m0/s1. The molecule has 0 amide bonds. The van der Waals surface area contributed by atoms with Crippen molar-refractivity contribution in [3.63, 3.8) is 0 Å². The van der Waals surface area contributed by atoms with Crippen LogP contribution in [0.25, 0.3) is 0 Å². The lowest BCUT2D eigenvalue weighted by Gasteiger charge is -2.23. The molecule has 0 spiro atoms. The quantitative estimate of drug-likeness (QED) is 0.710. The number of hydrogen-bond acceptors (Lipinski definition) is 5. The fraction of sp³-hybridized carbons (Fsp3) is 0.500. The van der Waals surface area contributed by atoms with Gasteiger partial charge in [-0.1, -0.05) is 30.3 Å². The number of rotatable bonds is 8. The first-order chi connectivity index (χ1) is 10.4. The van der Waals surface area contributed by atoms with Crippen molar-refractivity contribution in [2.24, 2.45) is 0 Å². The molecule has 9 heteroatoms. The van der Waals surface area contributed by atoms with Crippen molar-refractivity contribution in [2.75, 3.05) is 12.0 Å². The molecular formula is C14H21NO6S2. The Kier molecular flexibility index (Phi) is 5.95. The maximum Gasteiger partial charge on any atom is 0.326 e. The molecule has 7 nitrogen and oxygen atoms in total. The predicted octanol–water partition coefficient (Wildman–Crippen LogP) is 0.945. The number of nitrogens with one attached hydrogen (secondary N) is 1. The lowest BCUT2D eigenvalue weighted by molar-refractivity contribution is -0.139. The Morgan fingerprint density at radius 1 is 1.17 bits per heavy atom. The van der Waals surface area contributed by atoms with E-state index in [1.807, 2.05) is 0 Å². The summed E-state index contributed by atoms with van der Waals surface area (Å²) in [5.41, 5.74) is 0.297. The van der Waals surface area contributed by atoms with Crippen LogP contribution in [0.4, 0.5) is 0 Å². The molecule has 0 aliphatic heterocycles. The van der Waals surface area contributed by atoms with Gasteiger partial charge in [-0.25, -0.2) is 16.8 Å². The monoisotopic (exact) mass is 363 g/mol. The van der Waals surface area contributed by atoms with Crippen LogP contribution in [0.15, 0.2) is 30.3 Å². The maximum absolute atomic E-state index is 12.1. The molecule has 0 aliphatic carbocycles. The molecule has 0 radical (unpaired) electrons. The molecule has 0 saturated carbocycles. The summed E-state index contributed by atoms with van der Waals surface area (Å²) < 4.78 is 48.4. The number of sulfone groups is 1. The molecule has 0 aliphatic rings. The summed E-state index contributed by atoms with van der Waals surface area (Å²) in [7, 11) is -7.39. The average Bonchev–Trinajstić information content (AvgIpc) is 2.42. The number of carboxylic acid groups (broad SMARTS) is 1. The molecule has 1 aromatic rings. The van der Waals surface area contributed by atoms with Gasteiger partial charge in [0.25, 0.3) is 0 Å². The van der Waals surface area contributed by atoms with Gasteiger partial charge in [0.2, 0.25) is 10.0 Å². The zero-order valence-corrected chi connectivity index (χ0v) is 14.8. The molecule has 1 atom stereocenters. The minimum Gasteiger partial charge on any atom is -0.480 e. The zero-order valence-electron chi connectivity index (χ0n) is 13.2. The van der Waals surface area contributed by atoms with Gasteiger partial charge < -0.3 is 5.11 Å². The third-order valence-corrected chi connectivity index (χ3v) is 7.20. The number of hydrogen-bond donors (Lipinski definition) is 2. The van der Waals surface area contributed by atoms with E-state index in [-0.39, 0.29) is 6.42 Å². The van der Waals surface area contributed by atoms with Crippen LogP contribution >= 0.6 is 0 Å². The maximum atomic E-state index is 12.1. The first kappa shape index (κ1) is 19.6. The van der Waals surface area contributed by atoms with Crippen molar-refractivity contribution in [2.45, 2.75) is 31.1 Å². The summed E-state index contributed by atoms with van der Waals surface area (Å²) >= 11 is 0. The van der Waals surface area contributed by atoms with E-state index in [4.69, 9.17) is 0 Å². The summed E-state index contributed by atoms with van der Waals surface area (Å²) in [6, 6.07) is 6.48. The topological polar surface area (TPSA) is 118 Å². The SMILES string of the molecule is CC(C)(CCS(=O)(=O)N[C@H](C(=O)O)c1ccccc1)S(C)(=O)=O. The highest BCUT2D eigenvalue weighted by Gasteiger charge is 2.33. The van der Waals surface area contributed by atoms with E-state index in [9.17, 15) is 26.7 Å². The van der Waals surface area contributed by atoms with Crippen molar-refractivity contribution in [3.8, 4) is 0 Å². The van der Waals surface area contributed by atoms with Crippen LogP contribution in [-0.2, 0) is 24.7 Å². The second kappa shape index (κ2) is 6.98. The number of carbonyl (C=O) groups is 1. The molecule has 23 heavy (non-hydrogen) atoms. The summed E-state index contributed by atoms with van der Waals surface area (Å²) in [5.74, 6) is -1.81. The first-order valence-corrected chi connectivity index (χ1v) is 10.4. The highest BCUT2D eigenvalue weighted by atomic mass is 32.2. The van der Waals surface area contributed by atoms with Crippen LogP contribution in [0.1, 0.15) is 31.9 Å². The third-order valence-electron chi connectivity index (χ3n) is 3.65. The minimum absolute atomic E-state index is 0.137.